The zero-order valence-electron chi connectivity index (χ0n) is 22.9. The third kappa shape index (κ3) is 7.60. The predicted molar refractivity (Wildman–Crippen MR) is 148 cm³/mol. The fraction of sp³-hybridized carbons (Fsp3) is 0.433. The van der Waals surface area contributed by atoms with E-state index in [0.29, 0.717) is 31.3 Å². The number of nitrogens with zero attached hydrogens (tertiary/aromatic N) is 2. The number of H-pyrrole nitrogens is 1. The second kappa shape index (κ2) is 11.3. The summed E-state index contributed by atoms with van der Waals surface area (Å²) in [6, 6.07) is 16.0. The van der Waals surface area contributed by atoms with Crippen LogP contribution in [0, 0.1) is 0 Å². The molecule has 0 aliphatic heterocycles. The Morgan fingerprint density at radius 2 is 1.79 bits per heavy atom. The first kappa shape index (κ1) is 27.2. The van der Waals surface area contributed by atoms with Crippen molar-refractivity contribution in [1.82, 2.24) is 15.1 Å². The van der Waals surface area contributed by atoms with E-state index in [2.05, 4.69) is 39.8 Å². The van der Waals surface area contributed by atoms with Gasteiger partial charge in [-0.3, -0.25) is 9.89 Å². The molecule has 0 saturated heterocycles. The molecule has 8 nitrogen and oxygen atoms in total. The Kier molecular flexibility index (Phi) is 8.09. The highest BCUT2D eigenvalue weighted by Gasteiger charge is 2.35. The lowest BCUT2D eigenvalue weighted by atomic mass is 10.1. The number of aromatic nitrogens is 2. The lowest BCUT2D eigenvalue weighted by molar-refractivity contribution is -0.170. The molecule has 2 aromatic carbocycles. The van der Waals surface area contributed by atoms with Crippen molar-refractivity contribution in [3.63, 3.8) is 0 Å². The minimum atomic E-state index is -1.14. The summed E-state index contributed by atoms with van der Waals surface area (Å²) in [4.78, 5) is 27.6. The topological polar surface area (TPSA) is 96.5 Å². The Morgan fingerprint density at radius 1 is 1.05 bits per heavy atom. The summed E-state index contributed by atoms with van der Waals surface area (Å²) >= 11 is 0. The van der Waals surface area contributed by atoms with Gasteiger partial charge in [-0.2, -0.15) is 5.10 Å². The first-order valence-electron chi connectivity index (χ1n) is 13.1. The fourth-order valence-corrected chi connectivity index (χ4v) is 4.08. The summed E-state index contributed by atoms with van der Waals surface area (Å²) in [5.41, 5.74) is 2.35. The van der Waals surface area contributed by atoms with E-state index in [1.165, 1.54) is 0 Å². The number of carbonyl (C=O) groups excluding carboxylic acids is 2. The molecule has 3 aromatic rings. The highest BCUT2D eigenvalue weighted by molar-refractivity contribution is 5.79. The van der Waals surface area contributed by atoms with E-state index in [9.17, 15) is 9.59 Å². The molecule has 1 aliphatic carbocycles. The van der Waals surface area contributed by atoms with Gasteiger partial charge in [0.25, 0.3) is 0 Å². The van der Waals surface area contributed by atoms with E-state index in [0.717, 1.165) is 35.2 Å². The van der Waals surface area contributed by atoms with Crippen LogP contribution in [0.15, 0.2) is 60.9 Å². The van der Waals surface area contributed by atoms with Gasteiger partial charge in [-0.15, -0.1) is 0 Å². The van der Waals surface area contributed by atoms with Crippen LogP contribution in [0.4, 0.5) is 5.69 Å². The first-order chi connectivity index (χ1) is 18.0. The maximum atomic E-state index is 13.1. The van der Waals surface area contributed by atoms with Gasteiger partial charge in [-0.1, -0.05) is 30.3 Å². The lowest BCUT2D eigenvalue weighted by Crippen LogP contribution is -2.43. The number of aromatic amines is 1. The van der Waals surface area contributed by atoms with Gasteiger partial charge in [0.2, 0.25) is 5.91 Å². The van der Waals surface area contributed by atoms with E-state index in [-0.39, 0.29) is 5.91 Å². The van der Waals surface area contributed by atoms with Crippen LogP contribution < -0.4 is 10.1 Å². The van der Waals surface area contributed by atoms with E-state index >= 15 is 0 Å². The van der Waals surface area contributed by atoms with Gasteiger partial charge in [0.15, 0.2) is 5.60 Å². The molecule has 1 fully saturated rings. The molecular formula is C30H38N4O4. The Hall–Kier alpha value is -3.81. The van der Waals surface area contributed by atoms with Crippen molar-refractivity contribution in [3.05, 3.63) is 66.5 Å². The molecule has 38 heavy (non-hydrogen) atoms. The van der Waals surface area contributed by atoms with Gasteiger partial charge in [0, 0.05) is 49.1 Å². The van der Waals surface area contributed by atoms with Crippen LogP contribution in [0.3, 0.4) is 0 Å². The molecule has 0 spiro atoms. The van der Waals surface area contributed by atoms with Crippen molar-refractivity contribution in [2.75, 3.05) is 11.9 Å². The molecule has 0 atom stereocenters. The standard InChI is InChI=1S/C30H38N4O4/c1-29(2,3)38-28(36)30(4,5)37-26-8-6-7-24(17-26)31-16-15-27(35)34(25-13-14-25)20-21-9-11-22(12-10-21)23-18-32-33-19-23/h6-12,17-19,25,31H,13-16,20H2,1-5H3,(H,32,33). The van der Waals surface area contributed by atoms with Gasteiger partial charge in [0.1, 0.15) is 11.4 Å². The van der Waals surface area contributed by atoms with Crippen molar-refractivity contribution >= 4 is 17.6 Å². The molecule has 1 aliphatic rings. The van der Waals surface area contributed by atoms with Gasteiger partial charge in [-0.25, -0.2) is 4.79 Å². The monoisotopic (exact) mass is 518 g/mol. The predicted octanol–water partition coefficient (Wildman–Crippen LogP) is 5.57. The van der Waals surface area contributed by atoms with Crippen molar-refractivity contribution in [3.8, 4) is 16.9 Å². The van der Waals surface area contributed by atoms with Crippen LogP contribution in [0.25, 0.3) is 11.1 Å². The lowest BCUT2D eigenvalue weighted by Gasteiger charge is -2.29. The summed E-state index contributed by atoms with van der Waals surface area (Å²) in [6.07, 6.45) is 6.16. The fourth-order valence-electron chi connectivity index (χ4n) is 4.08. The van der Waals surface area contributed by atoms with Crippen molar-refractivity contribution in [2.24, 2.45) is 0 Å². The molecule has 0 radical (unpaired) electrons. The summed E-state index contributed by atoms with van der Waals surface area (Å²) in [6.45, 7) is 9.98. The third-order valence-electron chi connectivity index (χ3n) is 6.21. The number of ether oxygens (including phenoxy) is 2. The molecule has 1 aromatic heterocycles. The summed E-state index contributed by atoms with van der Waals surface area (Å²) in [5, 5.41) is 10.2. The Labute approximate surface area is 224 Å². The van der Waals surface area contributed by atoms with Gasteiger partial charge < -0.3 is 19.7 Å². The van der Waals surface area contributed by atoms with E-state index in [1.54, 1.807) is 26.1 Å². The quantitative estimate of drug-likeness (QED) is 0.322. The molecule has 0 bridgehead atoms. The molecule has 1 amide bonds. The minimum Gasteiger partial charge on any atom is -0.476 e. The van der Waals surface area contributed by atoms with E-state index in [4.69, 9.17) is 9.47 Å². The van der Waals surface area contributed by atoms with E-state index < -0.39 is 17.2 Å². The van der Waals surface area contributed by atoms with Crippen LogP contribution >= 0.6 is 0 Å². The number of esters is 1. The molecule has 202 valence electrons. The average Bonchev–Trinajstić information content (AvgIpc) is 3.54. The summed E-state index contributed by atoms with van der Waals surface area (Å²) in [7, 11) is 0. The summed E-state index contributed by atoms with van der Waals surface area (Å²) in [5.74, 6) is 0.262. The number of nitrogens with one attached hydrogen (secondary N) is 2. The SMILES string of the molecule is CC(C)(C)OC(=O)C(C)(C)Oc1cccc(NCCC(=O)N(Cc2ccc(-c3cn[nH]c3)cc2)C2CC2)c1. The van der Waals surface area contributed by atoms with Crippen LogP contribution in [-0.2, 0) is 20.9 Å². The molecule has 8 heteroatoms. The third-order valence-corrected chi connectivity index (χ3v) is 6.21. The normalized spacial score (nSPS) is 13.6. The molecule has 4 rings (SSSR count). The van der Waals surface area contributed by atoms with Gasteiger partial charge >= 0.3 is 5.97 Å². The van der Waals surface area contributed by atoms with Crippen molar-refractivity contribution in [1.29, 1.82) is 0 Å². The number of amides is 1. The maximum Gasteiger partial charge on any atom is 0.350 e. The van der Waals surface area contributed by atoms with Crippen LogP contribution in [0.2, 0.25) is 0 Å². The average molecular weight is 519 g/mol. The number of benzene rings is 2. The number of hydrogen-bond donors (Lipinski definition) is 2. The molecule has 2 N–H and O–H groups in total. The minimum absolute atomic E-state index is 0.136. The number of hydrogen-bond acceptors (Lipinski definition) is 6. The molecule has 0 unspecified atom stereocenters. The van der Waals surface area contributed by atoms with Crippen LogP contribution in [-0.4, -0.2) is 50.8 Å². The second-order valence-corrected chi connectivity index (χ2v) is 11.3. The molecule has 1 saturated carbocycles. The zero-order chi connectivity index (χ0) is 27.3. The second-order valence-electron chi connectivity index (χ2n) is 11.3. The van der Waals surface area contributed by atoms with Crippen LogP contribution in [0.1, 0.15) is 59.4 Å². The molecular weight excluding hydrogens is 480 g/mol. The van der Waals surface area contributed by atoms with Gasteiger partial charge in [0.05, 0.1) is 6.20 Å². The maximum absolute atomic E-state index is 13.1. The Balaban J connectivity index is 1.30. The zero-order valence-corrected chi connectivity index (χ0v) is 22.9. The Morgan fingerprint density at radius 3 is 2.42 bits per heavy atom. The highest BCUT2D eigenvalue weighted by Crippen LogP contribution is 2.30. The number of carbonyl (C=O) groups is 2. The molecule has 1 heterocycles. The number of rotatable bonds is 11. The van der Waals surface area contributed by atoms with Gasteiger partial charge in [-0.05, 0) is 70.7 Å². The smallest absolute Gasteiger partial charge is 0.350 e. The number of anilines is 1. The van der Waals surface area contributed by atoms with Crippen molar-refractivity contribution in [2.45, 2.75) is 77.7 Å². The van der Waals surface area contributed by atoms with Crippen molar-refractivity contribution < 1.29 is 19.1 Å². The Bertz CT molecular complexity index is 1230. The first-order valence-corrected chi connectivity index (χ1v) is 13.1. The summed E-state index contributed by atoms with van der Waals surface area (Å²) < 4.78 is 11.4. The van der Waals surface area contributed by atoms with E-state index in [1.807, 2.05) is 50.1 Å². The van der Waals surface area contributed by atoms with Crippen LogP contribution in [0.5, 0.6) is 5.75 Å². The highest BCUT2D eigenvalue weighted by atomic mass is 16.6. The largest absolute Gasteiger partial charge is 0.476 e.